The molecule has 0 aromatic carbocycles. The Morgan fingerprint density at radius 1 is 0.570 bits per heavy atom. The molecule has 2 aliphatic carbocycles. The molecule has 10 rings (SSSR count). The number of aliphatic hydroxyl groups excluding tert-OH is 2. The summed E-state index contributed by atoms with van der Waals surface area (Å²) in [6.07, 6.45) is 11.0. The highest BCUT2D eigenvalue weighted by atomic mass is 35.5. The summed E-state index contributed by atoms with van der Waals surface area (Å²) in [4.78, 5) is 60.3. The smallest absolute Gasteiger partial charge is 0.260 e. The number of aliphatic hydroxyl groups is 2. The van der Waals surface area contributed by atoms with Gasteiger partial charge in [0.15, 0.2) is 0 Å². The normalized spacial score (nSPS) is 19.8. The Bertz CT molecular complexity index is 3070. The zero-order chi connectivity index (χ0) is 57.0. The molecule has 0 unspecified atom stereocenters. The molecule has 2 amide bonds. The summed E-state index contributed by atoms with van der Waals surface area (Å²) in [5.74, 6) is -5.75. The Balaban J connectivity index is 0.000000188. The van der Waals surface area contributed by atoms with Crippen LogP contribution < -0.4 is 40.1 Å². The van der Waals surface area contributed by atoms with Crippen LogP contribution in [0.4, 0.5) is 58.3 Å². The van der Waals surface area contributed by atoms with Crippen molar-refractivity contribution >= 4 is 84.2 Å². The highest BCUT2D eigenvalue weighted by Gasteiger charge is 2.46. The molecule has 2 saturated carbocycles. The molecule has 29 heteroatoms. The van der Waals surface area contributed by atoms with E-state index in [0.29, 0.717) is 50.4 Å². The number of anilines is 7. The Kier molecular flexibility index (Phi) is 18.1. The van der Waals surface area contributed by atoms with E-state index in [4.69, 9.17) is 21.8 Å². The summed E-state index contributed by atoms with van der Waals surface area (Å²) in [6, 6.07) is 6.55. The largest absolute Gasteiger partial charge is 0.395 e. The molecule has 0 radical (unpaired) electrons. The number of aryl methyl sites for hydroxylation is 2. The monoisotopic (exact) mass is 1170 g/mol. The van der Waals surface area contributed by atoms with Gasteiger partial charge in [0, 0.05) is 120 Å². The summed E-state index contributed by atoms with van der Waals surface area (Å²) in [7, 11) is -7.22. The minimum Gasteiger partial charge on any atom is -0.395 e. The van der Waals surface area contributed by atoms with E-state index < -0.39 is 56.8 Å². The molecular formula is C50H67ClF4N14O8S2. The van der Waals surface area contributed by atoms with Gasteiger partial charge in [0.25, 0.3) is 23.7 Å². The van der Waals surface area contributed by atoms with Gasteiger partial charge in [0.05, 0.1) is 47.2 Å². The predicted octanol–water partition coefficient (Wildman–Crippen LogP) is 5.75. The fraction of sp³-hybridized carbons (Fsp3) is 0.600. The van der Waals surface area contributed by atoms with Crippen LogP contribution in [0.25, 0.3) is 0 Å². The van der Waals surface area contributed by atoms with Crippen molar-refractivity contribution in [1.82, 2.24) is 29.9 Å². The number of rotatable bonds is 14. The van der Waals surface area contributed by atoms with Crippen molar-refractivity contribution in [2.24, 2.45) is 16.0 Å². The number of primary sulfonamides is 1. The second kappa shape index (κ2) is 24.1. The molecule has 7 N–H and O–H groups in total. The van der Waals surface area contributed by atoms with Gasteiger partial charge < -0.3 is 40.4 Å². The first-order valence-electron chi connectivity index (χ1n) is 26.2. The number of carbonyl (C=O) groups is 2. The molecule has 432 valence electrons. The van der Waals surface area contributed by atoms with Crippen LogP contribution in [-0.4, -0.2) is 158 Å². The van der Waals surface area contributed by atoms with E-state index in [-0.39, 0.29) is 86.7 Å². The summed E-state index contributed by atoms with van der Waals surface area (Å²) in [6.45, 7) is 6.38. The number of amides is 2. The van der Waals surface area contributed by atoms with Crippen LogP contribution in [0, 0.1) is 24.7 Å². The van der Waals surface area contributed by atoms with Crippen LogP contribution in [0.3, 0.4) is 0 Å². The van der Waals surface area contributed by atoms with E-state index in [1.54, 1.807) is 47.9 Å². The third kappa shape index (κ3) is 16.4. The molecule has 4 aromatic heterocycles. The predicted molar refractivity (Wildman–Crippen MR) is 291 cm³/mol. The number of hydrogen-bond acceptors (Lipinski definition) is 18. The van der Waals surface area contributed by atoms with Crippen LogP contribution >= 0.6 is 11.6 Å². The molecular weight excluding hydrogens is 1100 g/mol. The molecule has 0 atom stereocenters. The number of piperidine rings is 4. The zero-order valence-electron chi connectivity index (χ0n) is 44.0. The maximum absolute atomic E-state index is 13.6. The van der Waals surface area contributed by atoms with Crippen molar-refractivity contribution < 1.29 is 54.2 Å². The summed E-state index contributed by atoms with van der Waals surface area (Å²) in [5.41, 5.74) is 4.13. The van der Waals surface area contributed by atoms with Crippen molar-refractivity contribution in [2.45, 2.75) is 103 Å². The lowest BCUT2D eigenvalue weighted by molar-refractivity contribution is -0.0229. The average Bonchev–Trinajstić information content (AvgIpc) is 4.33. The fourth-order valence-electron chi connectivity index (χ4n) is 10.0. The Morgan fingerprint density at radius 2 is 0.962 bits per heavy atom. The number of aromatic nitrogens is 6. The third-order valence-electron chi connectivity index (χ3n) is 15.2. The van der Waals surface area contributed by atoms with E-state index >= 15 is 0 Å². The Hall–Kier alpha value is -5.81. The topological polar surface area (TPSA) is 295 Å². The van der Waals surface area contributed by atoms with Gasteiger partial charge in [-0.1, -0.05) is 11.6 Å². The van der Waals surface area contributed by atoms with Gasteiger partial charge in [-0.15, -0.1) is 0 Å². The van der Waals surface area contributed by atoms with Gasteiger partial charge in [-0.3, -0.25) is 14.3 Å². The summed E-state index contributed by atoms with van der Waals surface area (Å²) in [5, 5.41) is 27.4. The summed E-state index contributed by atoms with van der Waals surface area (Å²) >= 11 is 6.17. The van der Waals surface area contributed by atoms with Gasteiger partial charge in [-0.25, -0.2) is 59.5 Å². The van der Waals surface area contributed by atoms with Gasteiger partial charge in [0.1, 0.15) is 22.6 Å². The number of carbonyl (C=O) groups excluding carboxylic acids is 2. The van der Waals surface area contributed by atoms with Gasteiger partial charge >= 0.3 is 0 Å². The maximum atomic E-state index is 13.6. The number of nitrogens with zero attached hydrogens (tertiary/aromatic N) is 10. The molecule has 8 heterocycles. The van der Waals surface area contributed by atoms with E-state index in [9.17, 15) is 44.0 Å². The first-order valence-corrected chi connectivity index (χ1v) is 30.0. The number of halogens is 5. The number of nitrogens with one attached hydrogen (secondary N) is 3. The molecule has 79 heavy (non-hydrogen) atoms. The molecule has 6 aliphatic rings. The quantitative estimate of drug-likeness (QED) is 0.0647. The van der Waals surface area contributed by atoms with E-state index in [2.05, 4.69) is 60.2 Å². The first-order chi connectivity index (χ1) is 37.2. The van der Waals surface area contributed by atoms with Crippen LogP contribution in [0.2, 0.25) is 5.15 Å². The van der Waals surface area contributed by atoms with E-state index in [1.165, 1.54) is 38.1 Å². The second-order valence-electron chi connectivity index (χ2n) is 21.3. The number of nitrogens with two attached hydrogens (primary N) is 1. The van der Waals surface area contributed by atoms with Crippen molar-refractivity contribution in [2.75, 3.05) is 112 Å². The Morgan fingerprint density at radius 3 is 1.34 bits per heavy atom. The lowest BCUT2D eigenvalue weighted by Crippen LogP contribution is -2.40. The van der Waals surface area contributed by atoms with Crippen molar-refractivity contribution in [3.63, 3.8) is 0 Å². The van der Waals surface area contributed by atoms with Gasteiger partial charge in [-0.05, 0) is 82.1 Å². The van der Waals surface area contributed by atoms with E-state index in [1.807, 2.05) is 0 Å². The van der Waals surface area contributed by atoms with Crippen molar-refractivity contribution in [1.29, 1.82) is 0 Å². The number of sulfonamides is 2. The average molecular weight is 1170 g/mol. The highest BCUT2D eigenvalue weighted by molar-refractivity contribution is 7.92. The standard InChI is InChI=1S/C25H33F2N7O4S.C23H27ClF2N6O.C2H7NO3S/c1-17-14-21(31-23(29-17)34-10-6-25(26,27)7-11-34)30-22(36)18-16-28-20(32-39(37,38)13-12-35)15-19(18)33-8-4-24(2-3-24)5-9-33;1-15-12-19(30-21(28-15)32-10-6-23(25,26)7-11-32)29-20(33)16-14-27-18(24)13-17(16)31-8-4-22(2-3-22)5-9-31;3-7(5,6)2-1-4/h14-16,35H,2-13H2,1H3,(H,28,32)(H,29,30,31,36);12-14H,2-11H2,1H3,(H,28,29,30,33);4H,1-2H2,(H2,3,5,6). The second-order valence-corrected chi connectivity index (χ2v) is 25.3. The van der Waals surface area contributed by atoms with Crippen molar-refractivity contribution in [3.8, 4) is 0 Å². The van der Waals surface area contributed by atoms with Crippen LogP contribution in [0.5, 0.6) is 0 Å². The SMILES string of the molecule is Cc1cc(NC(=O)c2cnc(Cl)cc2N2CCC3(CC2)CC3)nc(N2CCC(F)(F)CC2)n1.Cc1cc(NC(=O)c2cnc(NS(=O)(=O)CCO)cc2N2CCC3(CC2)CC3)nc(N2CCC(F)(F)CC2)n1.NS(=O)(=O)CCO. The summed E-state index contributed by atoms with van der Waals surface area (Å²) < 4.78 is 101. The van der Waals surface area contributed by atoms with Gasteiger partial charge in [0.2, 0.25) is 31.9 Å². The molecule has 4 aliphatic heterocycles. The molecule has 22 nitrogen and oxygen atoms in total. The number of pyridine rings is 2. The van der Waals surface area contributed by atoms with Crippen LogP contribution in [-0.2, 0) is 20.0 Å². The zero-order valence-corrected chi connectivity index (χ0v) is 46.4. The molecule has 4 saturated heterocycles. The van der Waals surface area contributed by atoms with Crippen LogP contribution in [0.1, 0.15) is 109 Å². The first kappa shape index (κ1) is 59.3. The minimum absolute atomic E-state index is 0.0591. The Labute approximate surface area is 461 Å². The van der Waals surface area contributed by atoms with Gasteiger partial charge in [-0.2, -0.15) is 9.97 Å². The highest BCUT2D eigenvalue weighted by Crippen LogP contribution is 2.55. The molecule has 0 bridgehead atoms. The molecule has 6 fully saturated rings. The van der Waals surface area contributed by atoms with E-state index in [0.717, 1.165) is 57.5 Å². The lowest BCUT2D eigenvalue weighted by Gasteiger charge is -2.35. The minimum atomic E-state index is -3.80. The number of alkyl halides is 4. The van der Waals surface area contributed by atoms with Crippen molar-refractivity contribution in [3.05, 3.63) is 64.3 Å². The third-order valence-corrected chi connectivity index (χ3v) is 17.4. The molecule has 4 aromatic rings. The fourth-order valence-corrected chi connectivity index (χ4v) is 11.2. The lowest BCUT2D eigenvalue weighted by atomic mass is 9.93. The maximum Gasteiger partial charge on any atom is 0.260 e. The molecule has 2 spiro atoms. The number of hydrogen-bond donors (Lipinski definition) is 6. The van der Waals surface area contributed by atoms with Crippen LogP contribution in [0.15, 0.2) is 36.7 Å².